The van der Waals surface area contributed by atoms with Crippen molar-refractivity contribution in [1.82, 2.24) is 10.2 Å². The van der Waals surface area contributed by atoms with Gasteiger partial charge in [0, 0.05) is 26.2 Å². The molecule has 1 aliphatic rings. The van der Waals surface area contributed by atoms with Crippen molar-refractivity contribution in [2.24, 2.45) is 0 Å². The number of nitrogens with zero attached hydrogens (tertiary/aromatic N) is 1. The Balaban J connectivity index is 1.49. The smallest absolute Gasteiger partial charge is 0.387 e. The average molecular weight is 435 g/mol. The lowest BCUT2D eigenvalue weighted by molar-refractivity contribution is -0.0493. The first-order valence-electron chi connectivity index (χ1n) is 10.1. The highest BCUT2D eigenvalue weighted by Gasteiger charge is 2.14. The molecule has 0 saturated carbocycles. The number of carbonyl (C=O) groups is 1. The Kier molecular flexibility index (Phi) is 8.43. The molecular weight excluding hydrogens is 408 g/mol. The minimum absolute atomic E-state index is 0.0826. The molecule has 2 N–H and O–H groups in total. The summed E-state index contributed by atoms with van der Waals surface area (Å²) in [5, 5.41) is 5.30. The summed E-state index contributed by atoms with van der Waals surface area (Å²) in [7, 11) is 0. The van der Waals surface area contributed by atoms with Crippen molar-refractivity contribution in [3.05, 3.63) is 53.6 Å². The number of hydrogen-bond acceptors (Lipinski definition) is 5. The van der Waals surface area contributed by atoms with Gasteiger partial charge in [0.1, 0.15) is 18.1 Å². The highest BCUT2D eigenvalue weighted by molar-refractivity contribution is 5.91. The summed E-state index contributed by atoms with van der Waals surface area (Å²) >= 11 is 0. The minimum Gasteiger partial charge on any atom is -0.492 e. The van der Waals surface area contributed by atoms with Crippen LogP contribution in [0.4, 0.5) is 19.3 Å². The summed E-state index contributed by atoms with van der Waals surface area (Å²) < 4.78 is 40.8. The van der Waals surface area contributed by atoms with Crippen molar-refractivity contribution >= 4 is 11.7 Å². The van der Waals surface area contributed by atoms with Gasteiger partial charge in [-0.25, -0.2) is 4.79 Å². The molecule has 1 heterocycles. The number of urea groups is 1. The number of halogens is 2. The third-order valence-electron chi connectivity index (χ3n) is 4.82. The molecule has 1 saturated heterocycles. The lowest BCUT2D eigenvalue weighted by Crippen LogP contribution is -2.38. The second-order valence-electron chi connectivity index (χ2n) is 7.08. The highest BCUT2D eigenvalue weighted by atomic mass is 19.3. The van der Waals surface area contributed by atoms with Gasteiger partial charge in [-0.15, -0.1) is 0 Å². The zero-order valence-electron chi connectivity index (χ0n) is 17.4. The van der Waals surface area contributed by atoms with Gasteiger partial charge in [0.05, 0.1) is 18.9 Å². The van der Waals surface area contributed by atoms with Crippen LogP contribution < -0.4 is 20.1 Å². The van der Waals surface area contributed by atoms with Crippen molar-refractivity contribution in [2.45, 2.75) is 20.1 Å². The fourth-order valence-corrected chi connectivity index (χ4v) is 3.20. The number of carbonyl (C=O) groups excluding carboxylic acids is 1. The molecule has 31 heavy (non-hydrogen) atoms. The Morgan fingerprint density at radius 3 is 2.74 bits per heavy atom. The third kappa shape index (κ3) is 7.37. The van der Waals surface area contributed by atoms with Crippen molar-refractivity contribution < 1.29 is 27.8 Å². The van der Waals surface area contributed by atoms with Gasteiger partial charge in [-0.05, 0) is 36.2 Å². The average Bonchev–Trinajstić information content (AvgIpc) is 2.75. The molecule has 0 bridgehead atoms. The first kappa shape index (κ1) is 22.8. The molecule has 2 amide bonds. The van der Waals surface area contributed by atoms with Crippen LogP contribution in [0.2, 0.25) is 0 Å². The molecule has 3 rings (SSSR count). The summed E-state index contributed by atoms with van der Waals surface area (Å²) in [5.41, 5.74) is 1.68. The molecule has 0 atom stereocenters. The van der Waals surface area contributed by atoms with Gasteiger partial charge in [0.2, 0.25) is 0 Å². The van der Waals surface area contributed by atoms with E-state index < -0.39 is 12.6 Å². The lowest BCUT2D eigenvalue weighted by Gasteiger charge is -2.26. The summed E-state index contributed by atoms with van der Waals surface area (Å²) in [5.74, 6) is 0.639. The second-order valence-corrected chi connectivity index (χ2v) is 7.08. The van der Waals surface area contributed by atoms with E-state index in [2.05, 4.69) is 20.3 Å². The number of benzene rings is 2. The monoisotopic (exact) mass is 435 g/mol. The molecule has 9 heteroatoms. The molecule has 2 aromatic carbocycles. The van der Waals surface area contributed by atoms with Crippen molar-refractivity contribution in [2.75, 3.05) is 44.8 Å². The van der Waals surface area contributed by atoms with Crippen LogP contribution in [-0.4, -0.2) is 57.0 Å². The molecule has 1 aliphatic heterocycles. The van der Waals surface area contributed by atoms with E-state index in [0.717, 1.165) is 44.2 Å². The number of hydrogen-bond donors (Lipinski definition) is 2. The predicted octanol–water partition coefficient (Wildman–Crippen LogP) is 3.63. The molecule has 0 spiro atoms. The van der Waals surface area contributed by atoms with E-state index in [1.165, 1.54) is 6.07 Å². The van der Waals surface area contributed by atoms with E-state index in [1.54, 1.807) is 19.1 Å². The van der Waals surface area contributed by atoms with Crippen molar-refractivity contribution in [3.63, 3.8) is 0 Å². The molecule has 2 aromatic rings. The summed E-state index contributed by atoms with van der Waals surface area (Å²) in [6.45, 7) is 3.70. The maximum Gasteiger partial charge on any atom is 0.387 e. The molecule has 0 aliphatic carbocycles. The first-order chi connectivity index (χ1) is 15.0. The Morgan fingerprint density at radius 1 is 1.19 bits per heavy atom. The standard InChI is InChI=1S/C22H27F2N3O4/c1-16-4-2-7-19(31-21(23)24)20(16)26-22(28)25-15-17-5-3-6-18(14-17)30-13-10-27-8-11-29-12-9-27/h2-7,14,21H,8-13,15H2,1H3,(H2,25,26,28). The largest absolute Gasteiger partial charge is 0.492 e. The predicted molar refractivity (Wildman–Crippen MR) is 113 cm³/mol. The summed E-state index contributed by atoms with van der Waals surface area (Å²) in [6.07, 6.45) is 0. The van der Waals surface area contributed by atoms with E-state index in [4.69, 9.17) is 9.47 Å². The normalized spacial score (nSPS) is 14.3. The van der Waals surface area contributed by atoms with Crippen LogP contribution in [0.5, 0.6) is 11.5 Å². The number of nitrogens with one attached hydrogen (secondary N) is 2. The number of amides is 2. The third-order valence-corrected chi connectivity index (χ3v) is 4.82. The number of aryl methyl sites for hydroxylation is 1. The van der Waals surface area contributed by atoms with Gasteiger partial charge in [0.15, 0.2) is 0 Å². The van der Waals surface area contributed by atoms with Gasteiger partial charge in [0.25, 0.3) is 0 Å². The highest BCUT2D eigenvalue weighted by Crippen LogP contribution is 2.29. The fraction of sp³-hybridized carbons (Fsp3) is 0.409. The van der Waals surface area contributed by atoms with Crippen LogP contribution in [-0.2, 0) is 11.3 Å². The van der Waals surface area contributed by atoms with Crippen LogP contribution in [0.25, 0.3) is 0 Å². The van der Waals surface area contributed by atoms with E-state index in [1.807, 2.05) is 24.3 Å². The van der Waals surface area contributed by atoms with E-state index in [-0.39, 0.29) is 18.0 Å². The number of alkyl halides is 2. The maximum absolute atomic E-state index is 12.6. The van der Waals surface area contributed by atoms with Crippen LogP contribution in [0.1, 0.15) is 11.1 Å². The van der Waals surface area contributed by atoms with Gasteiger partial charge in [-0.3, -0.25) is 4.90 Å². The van der Waals surface area contributed by atoms with E-state index >= 15 is 0 Å². The quantitative estimate of drug-likeness (QED) is 0.630. The number of ether oxygens (including phenoxy) is 3. The lowest BCUT2D eigenvalue weighted by atomic mass is 10.2. The zero-order valence-corrected chi connectivity index (χ0v) is 17.4. The number of anilines is 1. The molecular formula is C22H27F2N3O4. The number of para-hydroxylation sites is 1. The van der Waals surface area contributed by atoms with Crippen LogP contribution >= 0.6 is 0 Å². The molecule has 0 unspecified atom stereocenters. The van der Waals surface area contributed by atoms with Crippen LogP contribution in [0.3, 0.4) is 0 Å². The Hall–Kier alpha value is -2.91. The van der Waals surface area contributed by atoms with Gasteiger partial charge < -0.3 is 24.8 Å². The Bertz CT molecular complexity index is 860. The molecule has 0 radical (unpaired) electrons. The fourth-order valence-electron chi connectivity index (χ4n) is 3.20. The van der Waals surface area contributed by atoms with Crippen molar-refractivity contribution in [1.29, 1.82) is 0 Å². The topological polar surface area (TPSA) is 72.1 Å². The van der Waals surface area contributed by atoms with Crippen LogP contribution in [0.15, 0.2) is 42.5 Å². The second kappa shape index (κ2) is 11.5. The molecule has 0 aromatic heterocycles. The molecule has 1 fully saturated rings. The Morgan fingerprint density at radius 2 is 1.97 bits per heavy atom. The van der Waals surface area contributed by atoms with Gasteiger partial charge in [-0.2, -0.15) is 8.78 Å². The van der Waals surface area contributed by atoms with Gasteiger partial charge >= 0.3 is 12.6 Å². The minimum atomic E-state index is -2.98. The maximum atomic E-state index is 12.6. The Labute approximate surface area is 180 Å². The SMILES string of the molecule is Cc1cccc(OC(F)F)c1NC(=O)NCc1cccc(OCCN2CCOCC2)c1. The number of rotatable bonds is 9. The van der Waals surface area contributed by atoms with E-state index in [0.29, 0.717) is 12.2 Å². The molecule has 168 valence electrons. The van der Waals surface area contributed by atoms with E-state index in [9.17, 15) is 13.6 Å². The van der Waals surface area contributed by atoms with Crippen LogP contribution in [0, 0.1) is 6.92 Å². The van der Waals surface area contributed by atoms with Gasteiger partial charge in [-0.1, -0.05) is 24.3 Å². The first-order valence-corrected chi connectivity index (χ1v) is 10.1. The van der Waals surface area contributed by atoms with Crippen molar-refractivity contribution in [3.8, 4) is 11.5 Å². The summed E-state index contributed by atoms with van der Waals surface area (Å²) in [4.78, 5) is 14.6. The summed E-state index contributed by atoms with van der Waals surface area (Å²) in [6, 6.07) is 11.6. The number of morpholine rings is 1. The zero-order chi connectivity index (χ0) is 22.1. The molecule has 7 nitrogen and oxygen atoms in total.